The van der Waals surface area contributed by atoms with Gasteiger partial charge >= 0.3 is 11.9 Å². The number of hydrogen-bond acceptors (Lipinski definition) is 5. The molecule has 0 aromatic heterocycles. The molecule has 1 atom stereocenters. The maximum absolute atomic E-state index is 10.9. The van der Waals surface area contributed by atoms with Gasteiger partial charge in [-0.1, -0.05) is 0 Å². The van der Waals surface area contributed by atoms with Gasteiger partial charge in [0.2, 0.25) is 14.9 Å². The molecule has 0 aromatic carbocycles. The van der Waals surface area contributed by atoms with E-state index in [1.807, 2.05) is 5.32 Å². The molecular weight excluding hydrogens is 216 g/mol. The van der Waals surface area contributed by atoms with Crippen LogP contribution in [0, 0.1) is 0 Å². The third-order valence-corrected chi connectivity index (χ3v) is 3.13. The minimum atomic E-state index is -4.56. The Morgan fingerprint density at radius 1 is 1.43 bits per heavy atom. The average Bonchev–Trinajstić information content (AvgIpc) is 1.96. The van der Waals surface area contributed by atoms with Crippen molar-refractivity contribution < 1.29 is 28.2 Å². The molecule has 0 aliphatic heterocycles. The van der Waals surface area contributed by atoms with Gasteiger partial charge in [0.25, 0.3) is 0 Å². The van der Waals surface area contributed by atoms with Crippen LogP contribution in [0.2, 0.25) is 0 Å². The van der Waals surface area contributed by atoms with Crippen LogP contribution in [0.15, 0.2) is 0 Å². The minimum Gasteiger partial charge on any atom is -0.481 e. The van der Waals surface area contributed by atoms with Crippen molar-refractivity contribution in [2.75, 3.05) is 7.05 Å². The first-order chi connectivity index (χ1) is 6.17. The quantitative estimate of drug-likeness (QED) is 0.414. The second-order valence-corrected chi connectivity index (χ2v) is 4.28. The molecule has 0 aromatic rings. The Kier molecular flexibility index (Phi) is 3.57. The van der Waals surface area contributed by atoms with Crippen LogP contribution in [0.3, 0.4) is 0 Å². The number of sulfonamides is 1. The van der Waals surface area contributed by atoms with Crippen LogP contribution >= 0.6 is 0 Å². The average molecular weight is 226 g/mol. The lowest BCUT2D eigenvalue weighted by atomic mass is 10.2. The van der Waals surface area contributed by atoms with Crippen LogP contribution in [0.5, 0.6) is 0 Å². The molecular formula is C5H10N2O6S. The first-order valence-corrected chi connectivity index (χ1v) is 4.88. The molecule has 82 valence electrons. The van der Waals surface area contributed by atoms with Crippen molar-refractivity contribution in [3.63, 3.8) is 0 Å². The van der Waals surface area contributed by atoms with Crippen molar-refractivity contribution in [1.29, 1.82) is 0 Å². The number of aliphatic carboxylic acids is 2. The summed E-state index contributed by atoms with van der Waals surface area (Å²) in [6, 6.07) is 0. The highest BCUT2D eigenvalue weighted by Crippen LogP contribution is 2.16. The molecule has 8 nitrogen and oxygen atoms in total. The number of carbonyl (C=O) groups is 2. The van der Waals surface area contributed by atoms with E-state index in [1.54, 1.807) is 0 Å². The van der Waals surface area contributed by atoms with Crippen LogP contribution in [0.25, 0.3) is 0 Å². The number of hydrogen-bond donors (Lipinski definition) is 4. The molecule has 0 bridgehead atoms. The summed E-state index contributed by atoms with van der Waals surface area (Å²) in [5.41, 5.74) is 0. The summed E-state index contributed by atoms with van der Waals surface area (Å²) in [7, 11) is -3.56. The first-order valence-electron chi connectivity index (χ1n) is 3.34. The van der Waals surface area contributed by atoms with Gasteiger partial charge in [-0.05, 0) is 7.05 Å². The lowest BCUT2D eigenvalue weighted by Gasteiger charge is -2.24. The Bertz CT molecular complexity index is 349. The Labute approximate surface area is 79.8 Å². The predicted molar refractivity (Wildman–Crippen MR) is 44.8 cm³/mol. The Balaban J connectivity index is 5.44. The monoisotopic (exact) mass is 226 g/mol. The van der Waals surface area contributed by atoms with E-state index in [1.165, 1.54) is 0 Å². The lowest BCUT2D eigenvalue weighted by molar-refractivity contribution is -0.147. The zero-order valence-corrected chi connectivity index (χ0v) is 8.04. The lowest BCUT2D eigenvalue weighted by Crippen LogP contribution is -2.60. The van der Waals surface area contributed by atoms with Crippen molar-refractivity contribution in [2.45, 2.75) is 11.3 Å². The van der Waals surface area contributed by atoms with Crippen molar-refractivity contribution >= 4 is 22.0 Å². The van der Waals surface area contributed by atoms with E-state index < -0.39 is 33.3 Å². The van der Waals surface area contributed by atoms with Crippen LogP contribution in [-0.4, -0.2) is 42.5 Å². The molecule has 0 aliphatic carbocycles. The maximum Gasteiger partial charge on any atom is 0.341 e. The van der Waals surface area contributed by atoms with Crippen LogP contribution in [-0.2, 0) is 19.6 Å². The van der Waals surface area contributed by atoms with E-state index in [0.717, 1.165) is 7.05 Å². The van der Waals surface area contributed by atoms with Gasteiger partial charge in [-0.2, -0.15) is 0 Å². The Morgan fingerprint density at radius 2 is 1.86 bits per heavy atom. The van der Waals surface area contributed by atoms with Crippen molar-refractivity contribution in [3.05, 3.63) is 0 Å². The molecule has 0 spiro atoms. The zero-order valence-electron chi connectivity index (χ0n) is 7.22. The number of likely N-dealkylation sites (N-methyl/N-ethyl adjacent to an activating group) is 1. The molecule has 0 fully saturated rings. The molecule has 5 N–H and O–H groups in total. The molecule has 1 unspecified atom stereocenters. The van der Waals surface area contributed by atoms with Gasteiger partial charge in [0.05, 0.1) is 6.42 Å². The van der Waals surface area contributed by atoms with E-state index in [-0.39, 0.29) is 0 Å². The number of carboxylic acids is 2. The number of rotatable bonds is 5. The summed E-state index contributed by atoms with van der Waals surface area (Å²) >= 11 is 0. The molecule has 0 rings (SSSR count). The second kappa shape index (κ2) is 3.90. The fraction of sp³-hybridized carbons (Fsp3) is 0.600. The molecule has 0 saturated carbocycles. The number of primary sulfonamides is 1. The van der Waals surface area contributed by atoms with Crippen molar-refractivity contribution in [1.82, 2.24) is 5.32 Å². The third kappa shape index (κ3) is 2.19. The third-order valence-electron chi connectivity index (χ3n) is 1.64. The fourth-order valence-electron chi connectivity index (χ4n) is 0.848. The largest absolute Gasteiger partial charge is 0.481 e. The minimum absolute atomic E-state index is 1.00. The van der Waals surface area contributed by atoms with Gasteiger partial charge in [0.1, 0.15) is 0 Å². The van der Waals surface area contributed by atoms with Crippen LogP contribution in [0.4, 0.5) is 0 Å². The van der Waals surface area contributed by atoms with E-state index in [4.69, 9.17) is 10.2 Å². The number of nitrogens with two attached hydrogens (primary N) is 1. The molecule has 0 radical (unpaired) electrons. The highest BCUT2D eigenvalue weighted by Gasteiger charge is 2.50. The second-order valence-electron chi connectivity index (χ2n) is 2.50. The summed E-state index contributed by atoms with van der Waals surface area (Å²) < 4.78 is 21.9. The number of carboxylic acid groups (broad SMARTS) is 2. The van der Waals surface area contributed by atoms with E-state index in [2.05, 4.69) is 5.14 Å². The van der Waals surface area contributed by atoms with Crippen LogP contribution in [0.1, 0.15) is 6.42 Å². The van der Waals surface area contributed by atoms with Crippen molar-refractivity contribution in [2.24, 2.45) is 5.14 Å². The number of nitrogens with one attached hydrogen (secondary N) is 1. The Hall–Kier alpha value is -1.19. The maximum atomic E-state index is 10.9. The van der Waals surface area contributed by atoms with Crippen LogP contribution < -0.4 is 10.5 Å². The van der Waals surface area contributed by atoms with E-state index >= 15 is 0 Å². The highest BCUT2D eigenvalue weighted by atomic mass is 32.2. The molecule has 14 heavy (non-hydrogen) atoms. The summed E-state index contributed by atoms with van der Waals surface area (Å²) in [5.74, 6) is -3.44. The summed E-state index contributed by atoms with van der Waals surface area (Å²) in [6.07, 6.45) is -1.16. The predicted octanol–water partition coefficient (Wildman–Crippen LogP) is -2.25. The highest BCUT2D eigenvalue weighted by molar-refractivity contribution is 7.91. The fourth-order valence-corrected chi connectivity index (χ4v) is 1.70. The van der Waals surface area contributed by atoms with Gasteiger partial charge < -0.3 is 10.2 Å². The summed E-state index contributed by atoms with van der Waals surface area (Å²) in [4.78, 5) is 18.3. The van der Waals surface area contributed by atoms with E-state index in [9.17, 15) is 18.0 Å². The zero-order chi connectivity index (χ0) is 11.6. The normalized spacial score (nSPS) is 15.9. The standard InChI is InChI=1S/C5H10N2O6S/c1-7-5(4(10)11,2-3(8)9)14(6,12)13/h7H,2H2,1H3,(H,8,9)(H,10,11)(H2,6,12,13). The SMILES string of the molecule is CNC(CC(=O)O)(C(=O)O)S(N)(=O)=O. The Morgan fingerprint density at radius 3 is 1.93 bits per heavy atom. The van der Waals surface area contributed by atoms with E-state index in [0.29, 0.717) is 0 Å². The van der Waals surface area contributed by atoms with Gasteiger partial charge in [-0.3, -0.25) is 10.1 Å². The molecule has 0 heterocycles. The van der Waals surface area contributed by atoms with Gasteiger partial charge in [0.15, 0.2) is 0 Å². The molecule has 0 saturated heterocycles. The van der Waals surface area contributed by atoms with Crippen molar-refractivity contribution in [3.8, 4) is 0 Å². The molecule has 0 aliphatic rings. The molecule has 0 amide bonds. The topological polar surface area (TPSA) is 147 Å². The molecule has 9 heteroatoms. The summed E-state index contributed by atoms with van der Waals surface area (Å²) in [5, 5.41) is 23.5. The first kappa shape index (κ1) is 12.8. The van der Waals surface area contributed by atoms with Gasteiger partial charge in [0, 0.05) is 0 Å². The smallest absolute Gasteiger partial charge is 0.341 e. The summed E-state index contributed by atoms with van der Waals surface area (Å²) in [6.45, 7) is 0. The van der Waals surface area contributed by atoms with Gasteiger partial charge in [-0.25, -0.2) is 18.4 Å². The van der Waals surface area contributed by atoms with Gasteiger partial charge in [-0.15, -0.1) is 0 Å².